The molecule has 7 rings (SSSR count). The Morgan fingerprint density at radius 1 is 0.738 bits per heavy atom. The third-order valence-electron chi connectivity index (χ3n) is 8.87. The highest BCUT2D eigenvalue weighted by molar-refractivity contribution is 6.10. The lowest BCUT2D eigenvalue weighted by atomic mass is 9.69. The van der Waals surface area contributed by atoms with Crippen LogP contribution in [0.1, 0.15) is 50.1 Å². The summed E-state index contributed by atoms with van der Waals surface area (Å²) in [5.74, 6) is -0.953. The van der Waals surface area contributed by atoms with E-state index in [4.69, 9.17) is 0 Å². The first-order valence-corrected chi connectivity index (χ1v) is 14.5. The van der Waals surface area contributed by atoms with Crippen molar-refractivity contribution in [2.45, 2.75) is 31.0 Å². The number of hydrogen-bond donors (Lipinski definition) is 1. The van der Waals surface area contributed by atoms with Gasteiger partial charge in [0.15, 0.2) is 5.78 Å². The SMILES string of the molecule is Cc1cccc([C@@H]2N[C@@]3(C(=O)N(Cc4ccccc4)c4ccccc43)[C@@H](c3ccccc3)[C@@H]2C(=O)c2ccccc2)c1. The molecule has 0 saturated carbocycles. The van der Waals surface area contributed by atoms with Crippen molar-refractivity contribution in [1.82, 2.24) is 5.32 Å². The number of benzene rings is 5. The molecule has 1 amide bonds. The highest BCUT2D eigenvalue weighted by atomic mass is 16.2. The predicted molar refractivity (Wildman–Crippen MR) is 166 cm³/mol. The van der Waals surface area contributed by atoms with Crippen LogP contribution in [0.3, 0.4) is 0 Å². The van der Waals surface area contributed by atoms with Crippen molar-refractivity contribution in [2.24, 2.45) is 5.92 Å². The molecule has 2 heterocycles. The van der Waals surface area contributed by atoms with Crippen LogP contribution in [0.5, 0.6) is 0 Å². The van der Waals surface area contributed by atoms with Crippen LogP contribution >= 0.6 is 0 Å². The second-order valence-electron chi connectivity index (χ2n) is 11.4. The fourth-order valence-corrected chi connectivity index (χ4v) is 7.10. The largest absolute Gasteiger partial charge is 0.306 e. The van der Waals surface area contributed by atoms with Crippen LogP contribution < -0.4 is 10.2 Å². The molecule has 206 valence electrons. The molecule has 5 aromatic carbocycles. The molecule has 0 unspecified atom stereocenters. The van der Waals surface area contributed by atoms with Gasteiger partial charge in [-0.2, -0.15) is 0 Å². The molecule has 4 nitrogen and oxygen atoms in total. The first-order valence-electron chi connectivity index (χ1n) is 14.5. The van der Waals surface area contributed by atoms with E-state index < -0.39 is 17.4 Å². The Bertz CT molecular complexity index is 1750. The molecule has 0 aromatic heterocycles. The van der Waals surface area contributed by atoms with Crippen LogP contribution in [0, 0.1) is 12.8 Å². The van der Waals surface area contributed by atoms with Gasteiger partial charge in [0.25, 0.3) is 5.91 Å². The van der Waals surface area contributed by atoms with Crippen LogP contribution in [0.2, 0.25) is 0 Å². The van der Waals surface area contributed by atoms with Gasteiger partial charge in [-0.05, 0) is 29.7 Å². The maximum atomic E-state index is 15.1. The number of ketones is 1. The van der Waals surface area contributed by atoms with Gasteiger partial charge in [-0.25, -0.2) is 0 Å². The summed E-state index contributed by atoms with van der Waals surface area (Å²) >= 11 is 0. The van der Waals surface area contributed by atoms with Gasteiger partial charge in [-0.3, -0.25) is 14.9 Å². The van der Waals surface area contributed by atoms with Crippen LogP contribution in [0.25, 0.3) is 0 Å². The number of aryl methyl sites for hydroxylation is 1. The molecule has 42 heavy (non-hydrogen) atoms. The van der Waals surface area contributed by atoms with E-state index in [1.54, 1.807) is 0 Å². The third-order valence-corrected chi connectivity index (χ3v) is 8.87. The minimum atomic E-state index is -1.13. The molecule has 2 aliphatic heterocycles. The Labute approximate surface area is 246 Å². The molecule has 1 spiro atoms. The average Bonchev–Trinajstić information content (AvgIpc) is 3.52. The van der Waals surface area contributed by atoms with E-state index in [2.05, 4.69) is 60.8 Å². The summed E-state index contributed by atoms with van der Waals surface area (Å²) in [6, 6.07) is 45.7. The van der Waals surface area contributed by atoms with Crippen molar-refractivity contribution in [1.29, 1.82) is 0 Å². The summed E-state index contributed by atoms with van der Waals surface area (Å²) < 4.78 is 0. The van der Waals surface area contributed by atoms with Crippen molar-refractivity contribution in [3.05, 3.63) is 173 Å². The number of carbonyl (C=O) groups excluding carboxylic acids is 2. The lowest BCUT2D eigenvalue weighted by Crippen LogP contribution is -2.50. The van der Waals surface area contributed by atoms with E-state index in [0.29, 0.717) is 12.1 Å². The Morgan fingerprint density at radius 3 is 2.07 bits per heavy atom. The molecule has 4 atom stereocenters. The van der Waals surface area contributed by atoms with E-state index in [-0.39, 0.29) is 17.7 Å². The zero-order chi connectivity index (χ0) is 28.7. The lowest BCUT2D eigenvalue weighted by molar-refractivity contribution is -0.124. The lowest BCUT2D eigenvalue weighted by Gasteiger charge is -2.33. The van der Waals surface area contributed by atoms with Crippen molar-refractivity contribution >= 4 is 17.4 Å². The van der Waals surface area contributed by atoms with Gasteiger partial charge < -0.3 is 4.90 Å². The number of carbonyl (C=O) groups is 2. The molecule has 0 bridgehead atoms. The van der Waals surface area contributed by atoms with Crippen LogP contribution in [0.15, 0.2) is 140 Å². The summed E-state index contributed by atoms with van der Waals surface area (Å²) in [6.45, 7) is 2.52. The van der Waals surface area contributed by atoms with Gasteiger partial charge in [-0.1, -0.05) is 139 Å². The Balaban J connectivity index is 1.47. The fourth-order valence-electron chi connectivity index (χ4n) is 7.10. The number of anilines is 1. The zero-order valence-electron chi connectivity index (χ0n) is 23.5. The molecule has 0 radical (unpaired) electrons. The molecular weight excluding hydrogens is 516 g/mol. The van der Waals surface area contributed by atoms with Crippen LogP contribution in [0.4, 0.5) is 5.69 Å². The van der Waals surface area contributed by atoms with Crippen molar-refractivity contribution < 1.29 is 9.59 Å². The number of nitrogens with one attached hydrogen (secondary N) is 1. The number of para-hydroxylation sites is 1. The number of nitrogens with zero attached hydrogens (tertiary/aromatic N) is 1. The maximum absolute atomic E-state index is 15.1. The monoisotopic (exact) mass is 548 g/mol. The minimum Gasteiger partial charge on any atom is -0.306 e. The average molecular weight is 549 g/mol. The van der Waals surface area contributed by atoms with E-state index in [0.717, 1.165) is 33.5 Å². The van der Waals surface area contributed by atoms with E-state index in [9.17, 15) is 4.79 Å². The maximum Gasteiger partial charge on any atom is 0.252 e. The Morgan fingerprint density at radius 2 is 1.36 bits per heavy atom. The first kappa shape index (κ1) is 26.1. The molecule has 1 N–H and O–H groups in total. The van der Waals surface area contributed by atoms with Gasteiger partial charge in [0.1, 0.15) is 5.54 Å². The van der Waals surface area contributed by atoms with Crippen LogP contribution in [-0.2, 0) is 16.9 Å². The summed E-state index contributed by atoms with van der Waals surface area (Å²) in [5, 5.41) is 3.87. The van der Waals surface area contributed by atoms with Gasteiger partial charge in [0.05, 0.1) is 12.5 Å². The van der Waals surface area contributed by atoms with Crippen molar-refractivity contribution in [2.75, 3.05) is 4.90 Å². The summed E-state index contributed by atoms with van der Waals surface area (Å²) in [6.07, 6.45) is 0. The summed E-state index contributed by atoms with van der Waals surface area (Å²) in [7, 11) is 0. The number of hydrogen-bond acceptors (Lipinski definition) is 3. The molecule has 1 saturated heterocycles. The third kappa shape index (κ3) is 4.18. The molecular formula is C38H32N2O2. The van der Waals surface area contributed by atoms with E-state index in [1.807, 2.05) is 95.9 Å². The van der Waals surface area contributed by atoms with E-state index >= 15 is 4.79 Å². The molecule has 0 aliphatic carbocycles. The van der Waals surface area contributed by atoms with Crippen molar-refractivity contribution in [3.8, 4) is 0 Å². The highest BCUT2D eigenvalue weighted by Gasteiger charge is 2.65. The highest BCUT2D eigenvalue weighted by Crippen LogP contribution is 2.59. The topological polar surface area (TPSA) is 49.4 Å². The number of fused-ring (bicyclic) bond motifs is 2. The Hall–Kier alpha value is -4.80. The summed E-state index contributed by atoms with van der Waals surface area (Å²) in [4.78, 5) is 31.6. The second kappa shape index (κ2) is 10.6. The first-order chi connectivity index (χ1) is 20.6. The zero-order valence-corrected chi connectivity index (χ0v) is 23.5. The predicted octanol–water partition coefficient (Wildman–Crippen LogP) is 7.36. The second-order valence-corrected chi connectivity index (χ2v) is 11.4. The smallest absolute Gasteiger partial charge is 0.252 e. The molecule has 1 fully saturated rings. The van der Waals surface area contributed by atoms with E-state index in [1.165, 1.54) is 0 Å². The molecule has 5 aromatic rings. The summed E-state index contributed by atoms with van der Waals surface area (Å²) in [5.41, 5.74) is 5.47. The number of rotatable bonds is 6. The van der Waals surface area contributed by atoms with Gasteiger partial charge >= 0.3 is 0 Å². The fraction of sp³-hybridized carbons (Fsp3) is 0.158. The quantitative estimate of drug-likeness (QED) is 0.226. The number of Topliss-reactive ketones (excluding diaryl/α,β-unsaturated/α-hetero) is 1. The van der Waals surface area contributed by atoms with Gasteiger partial charge in [0.2, 0.25) is 0 Å². The Kier molecular flexibility index (Phi) is 6.56. The van der Waals surface area contributed by atoms with Crippen LogP contribution in [-0.4, -0.2) is 11.7 Å². The van der Waals surface area contributed by atoms with Gasteiger partial charge in [0, 0.05) is 28.8 Å². The normalized spacial score (nSPS) is 22.8. The number of amides is 1. The van der Waals surface area contributed by atoms with Crippen molar-refractivity contribution in [3.63, 3.8) is 0 Å². The van der Waals surface area contributed by atoms with Gasteiger partial charge in [-0.15, -0.1) is 0 Å². The minimum absolute atomic E-state index is 0.0255. The standard InChI is InChI=1S/C38H32N2O2/c1-26-14-13-21-30(24-26)35-33(36(41)29-19-9-4-10-20-29)34(28-17-7-3-8-18-28)38(39-35)31-22-11-12-23-32(31)40(37(38)42)25-27-15-5-2-6-16-27/h2-24,33-35,39H,25H2,1H3/t33-,34-,35-,38+/m0/s1. The molecule has 4 heteroatoms. The molecule has 2 aliphatic rings.